The van der Waals surface area contributed by atoms with Crippen LogP contribution < -0.4 is 5.32 Å². The van der Waals surface area contributed by atoms with Crippen molar-refractivity contribution in [3.63, 3.8) is 0 Å². The van der Waals surface area contributed by atoms with Gasteiger partial charge in [-0.1, -0.05) is 40.2 Å². The van der Waals surface area contributed by atoms with Crippen LogP contribution in [0.4, 0.5) is 0 Å². The van der Waals surface area contributed by atoms with Gasteiger partial charge in [-0.3, -0.25) is 4.79 Å². The van der Waals surface area contributed by atoms with Crippen molar-refractivity contribution in [2.75, 3.05) is 14.1 Å². The average molecular weight is 361 g/mol. The molecule has 0 fully saturated rings. The third kappa shape index (κ3) is 4.68. The minimum Gasteiger partial charge on any atom is -0.346 e. The second-order valence-electron chi connectivity index (χ2n) is 5.68. The Balaban J connectivity index is 2.00. The minimum absolute atomic E-state index is 0.0259. The number of nitrogens with zero attached hydrogens (tertiary/aromatic N) is 1. The first-order valence-corrected chi connectivity index (χ1v) is 8.05. The normalized spacial score (nSPS) is 12.2. The Bertz CT molecular complexity index is 621. The van der Waals surface area contributed by atoms with Crippen molar-refractivity contribution in [1.29, 1.82) is 0 Å². The van der Waals surface area contributed by atoms with E-state index in [-0.39, 0.29) is 11.9 Å². The third-order valence-electron chi connectivity index (χ3n) is 3.43. The first kappa shape index (κ1) is 16.7. The maximum absolute atomic E-state index is 12.3. The smallest absolute Gasteiger partial charge is 0.251 e. The maximum atomic E-state index is 12.3. The molecule has 0 aliphatic heterocycles. The van der Waals surface area contributed by atoms with Gasteiger partial charge in [0.05, 0.1) is 6.04 Å². The van der Waals surface area contributed by atoms with Crippen LogP contribution in [0, 0.1) is 0 Å². The van der Waals surface area contributed by atoms with Gasteiger partial charge in [0.2, 0.25) is 0 Å². The predicted octanol–water partition coefficient (Wildman–Crippen LogP) is 4.00. The number of hydrogen-bond donors (Lipinski definition) is 1. The highest BCUT2D eigenvalue weighted by molar-refractivity contribution is 9.10. The molecule has 22 heavy (non-hydrogen) atoms. The summed E-state index contributed by atoms with van der Waals surface area (Å²) >= 11 is 3.41. The van der Waals surface area contributed by atoms with Crippen LogP contribution >= 0.6 is 15.9 Å². The number of amides is 1. The SMILES string of the molecule is C[C@@H](NC(=O)c1ccc(CN(C)C)cc1)c1ccc(Br)cc1. The Morgan fingerprint density at radius 2 is 1.68 bits per heavy atom. The van der Waals surface area contributed by atoms with Crippen LogP contribution in [-0.2, 0) is 6.54 Å². The lowest BCUT2D eigenvalue weighted by Gasteiger charge is -2.15. The zero-order chi connectivity index (χ0) is 16.1. The molecule has 2 aromatic carbocycles. The van der Waals surface area contributed by atoms with Crippen LogP contribution in [0.3, 0.4) is 0 Å². The van der Waals surface area contributed by atoms with Crippen molar-refractivity contribution >= 4 is 21.8 Å². The molecule has 2 rings (SSSR count). The molecule has 2 aromatic rings. The first-order chi connectivity index (χ1) is 10.5. The molecule has 1 atom stereocenters. The van der Waals surface area contributed by atoms with Crippen molar-refractivity contribution < 1.29 is 4.79 Å². The molecule has 4 heteroatoms. The number of nitrogens with one attached hydrogen (secondary N) is 1. The van der Waals surface area contributed by atoms with Gasteiger partial charge in [0, 0.05) is 16.6 Å². The lowest BCUT2D eigenvalue weighted by Crippen LogP contribution is -2.26. The standard InChI is InChI=1S/C18H21BrN2O/c1-13(15-8-10-17(19)11-9-15)20-18(22)16-6-4-14(5-7-16)12-21(2)3/h4-11,13H,12H2,1-3H3,(H,20,22)/t13-/m1/s1. The zero-order valence-electron chi connectivity index (χ0n) is 13.1. The monoisotopic (exact) mass is 360 g/mol. The van der Waals surface area contributed by atoms with E-state index in [0.717, 1.165) is 16.6 Å². The summed E-state index contributed by atoms with van der Waals surface area (Å²) in [6.07, 6.45) is 0. The van der Waals surface area contributed by atoms with E-state index in [1.807, 2.05) is 69.6 Å². The van der Waals surface area contributed by atoms with Gasteiger partial charge in [0.1, 0.15) is 0 Å². The van der Waals surface area contributed by atoms with E-state index in [2.05, 4.69) is 26.1 Å². The van der Waals surface area contributed by atoms with Crippen molar-refractivity contribution in [3.8, 4) is 0 Å². The van der Waals surface area contributed by atoms with Crippen LogP contribution in [0.2, 0.25) is 0 Å². The highest BCUT2D eigenvalue weighted by atomic mass is 79.9. The summed E-state index contributed by atoms with van der Waals surface area (Å²) in [6.45, 7) is 2.86. The Morgan fingerprint density at radius 1 is 1.09 bits per heavy atom. The summed E-state index contributed by atoms with van der Waals surface area (Å²) in [4.78, 5) is 14.4. The van der Waals surface area contributed by atoms with Gasteiger partial charge in [0.25, 0.3) is 5.91 Å². The quantitative estimate of drug-likeness (QED) is 0.873. The Labute approximate surface area is 140 Å². The van der Waals surface area contributed by atoms with E-state index >= 15 is 0 Å². The van der Waals surface area contributed by atoms with E-state index in [1.54, 1.807) is 0 Å². The predicted molar refractivity (Wildman–Crippen MR) is 93.9 cm³/mol. The second-order valence-corrected chi connectivity index (χ2v) is 6.60. The average Bonchev–Trinajstić information content (AvgIpc) is 2.48. The summed E-state index contributed by atoms with van der Waals surface area (Å²) in [5.74, 6) is -0.0492. The molecule has 1 N–H and O–H groups in total. The number of carbonyl (C=O) groups excluding carboxylic acids is 1. The summed E-state index contributed by atoms with van der Waals surface area (Å²) in [7, 11) is 4.06. The Morgan fingerprint density at radius 3 is 2.23 bits per heavy atom. The third-order valence-corrected chi connectivity index (χ3v) is 3.96. The highest BCUT2D eigenvalue weighted by Crippen LogP contribution is 2.17. The molecule has 0 spiro atoms. The molecule has 3 nitrogen and oxygen atoms in total. The summed E-state index contributed by atoms with van der Waals surface area (Å²) in [5.41, 5.74) is 2.97. The number of hydrogen-bond acceptors (Lipinski definition) is 2. The van der Waals surface area contributed by atoms with E-state index < -0.39 is 0 Å². The fourth-order valence-corrected chi connectivity index (χ4v) is 2.51. The Hall–Kier alpha value is -1.65. The molecule has 0 heterocycles. The molecule has 0 aliphatic rings. The molecular weight excluding hydrogens is 340 g/mol. The van der Waals surface area contributed by atoms with Gasteiger partial charge in [-0.05, 0) is 56.4 Å². The summed E-state index contributed by atoms with van der Waals surface area (Å²) < 4.78 is 1.03. The topological polar surface area (TPSA) is 32.3 Å². The molecule has 0 radical (unpaired) electrons. The minimum atomic E-state index is -0.0492. The van der Waals surface area contributed by atoms with Gasteiger partial charge in [-0.2, -0.15) is 0 Å². The fraction of sp³-hybridized carbons (Fsp3) is 0.278. The number of carbonyl (C=O) groups is 1. The van der Waals surface area contributed by atoms with Gasteiger partial charge in [-0.15, -0.1) is 0 Å². The van der Waals surface area contributed by atoms with Crippen LogP contribution in [0.15, 0.2) is 53.0 Å². The van der Waals surface area contributed by atoms with Crippen molar-refractivity contribution in [1.82, 2.24) is 10.2 Å². The molecule has 0 bridgehead atoms. The van der Waals surface area contributed by atoms with Crippen LogP contribution in [0.5, 0.6) is 0 Å². The van der Waals surface area contributed by atoms with E-state index in [9.17, 15) is 4.79 Å². The largest absolute Gasteiger partial charge is 0.346 e. The molecule has 0 unspecified atom stereocenters. The van der Waals surface area contributed by atoms with Crippen LogP contribution in [-0.4, -0.2) is 24.9 Å². The van der Waals surface area contributed by atoms with Crippen LogP contribution in [0.1, 0.15) is 34.5 Å². The number of rotatable bonds is 5. The summed E-state index contributed by atoms with van der Waals surface area (Å²) in [5, 5.41) is 3.03. The second kappa shape index (κ2) is 7.56. The van der Waals surface area contributed by atoms with Crippen molar-refractivity contribution in [2.45, 2.75) is 19.5 Å². The van der Waals surface area contributed by atoms with Crippen molar-refractivity contribution in [2.24, 2.45) is 0 Å². The van der Waals surface area contributed by atoms with Crippen LogP contribution in [0.25, 0.3) is 0 Å². The molecule has 0 saturated heterocycles. The fourth-order valence-electron chi connectivity index (χ4n) is 2.24. The summed E-state index contributed by atoms with van der Waals surface area (Å²) in [6, 6.07) is 15.7. The number of benzene rings is 2. The van der Waals surface area contributed by atoms with Gasteiger partial charge in [-0.25, -0.2) is 0 Å². The first-order valence-electron chi connectivity index (χ1n) is 7.25. The molecular formula is C18H21BrN2O. The molecule has 0 aromatic heterocycles. The Kier molecular flexibility index (Phi) is 5.75. The van der Waals surface area contributed by atoms with Gasteiger partial charge < -0.3 is 10.2 Å². The lowest BCUT2D eigenvalue weighted by molar-refractivity contribution is 0.0940. The van der Waals surface area contributed by atoms with Gasteiger partial charge >= 0.3 is 0 Å². The van der Waals surface area contributed by atoms with Crippen molar-refractivity contribution in [3.05, 3.63) is 69.7 Å². The highest BCUT2D eigenvalue weighted by Gasteiger charge is 2.11. The zero-order valence-corrected chi connectivity index (χ0v) is 14.7. The van der Waals surface area contributed by atoms with Gasteiger partial charge in [0.15, 0.2) is 0 Å². The van der Waals surface area contributed by atoms with E-state index in [0.29, 0.717) is 5.56 Å². The number of halogens is 1. The van der Waals surface area contributed by atoms with E-state index in [4.69, 9.17) is 0 Å². The molecule has 0 aliphatic carbocycles. The molecule has 116 valence electrons. The lowest BCUT2D eigenvalue weighted by atomic mass is 10.1. The van der Waals surface area contributed by atoms with E-state index in [1.165, 1.54) is 5.56 Å². The maximum Gasteiger partial charge on any atom is 0.251 e. The molecule has 0 saturated carbocycles. The molecule has 1 amide bonds.